The standard InChI is InChI=1S/C5H9N3S/c1-3-4(2)7-8-5(6)9/h3H,1H2,2H3,(H3,6,8,9)/b7-4+. The van der Waals surface area contributed by atoms with Gasteiger partial charge in [0.25, 0.3) is 0 Å². The molecule has 50 valence electrons. The molecule has 0 aromatic rings. The molecule has 0 fully saturated rings. The number of hydrazone groups is 1. The minimum atomic E-state index is 0.163. The number of thiocarbonyl (C=S) groups is 1. The molecule has 0 bridgehead atoms. The van der Waals surface area contributed by atoms with Gasteiger partial charge in [0.1, 0.15) is 0 Å². The molecule has 4 heteroatoms. The average Bonchev–Trinajstić information content (AvgIpc) is 1.83. The molecule has 0 spiro atoms. The van der Waals surface area contributed by atoms with Crippen LogP contribution >= 0.6 is 12.2 Å². The van der Waals surface area contributed by atoms with Gasteiger partial charge in [-0.2, -0.15) is 5.10 Å². The van der Waals surface area contributed by atoms with Gasteiger partial charge < -0.3 is 5.73 Å². The third-order valence-corrected chi connectivity index (χ3v) is 0.729. The average molecular weight is 143 g/mol. The second-order valence-corrected chi connectivity index (χ2v) is 1.87. The first-order valence-electron chi connectivity index (χ1n) is 2.39. The van der Waals surface area contributed by atoms with Gasteiger partial charge in [0.05, 0.1) is 5.71 Å². The van der Waals surface area contributed by atoms with Gasteiger partial charge in [0.15, 0.2) is 5.11 Å². The SMILES string of the molecule is C=C/C(C)=N/NC(N)=S. The lowest BCUT2D eigenvalue weighted by atomic mass is 10.4. The zero-order chi connectivity index (χ0) is 7.28. The molecule has 0 atom stereocenters. The molecule has 9 heavy (non-hydrogen) atoms. The Labute approximate surface area is 59.6 Å². The van der Waals surface area contributed by atoms with Gasteiger partial charge >= 0.3 is 0 Å². The molecule has 0 amide bonds. The summed E-state index contributed by atoms with van der Waals surface area (Å²) in [5, 5.41) is 3.89. The lowest BCUT2D eigenvalue weighted by molar-refractivity contribution is 1.03. The van der Waals surface area contributed by atoms with Gasteiger partial charge in [0, 0.05) is 0 Å². The lowest BCUT2D eigenvalue weighted by Gasteiger charge is -1.93. The summed E-state index contributed by atoms with van der Waals surface area (Å²) in [6, 6.07) is 0. The van der Waals surface area contributed by atoms with Gasteiger partial charge in [-0.15, -0.1) is 0 Å². The first kappa shape index (κ1) is 8.10. The van der Waals surface area contributed by atoms with Crippen LogP contribution in [0.15, 0.2) is 17.8 Å². The summed E-state index contributed by atoms with van der Waals surface area (Å²) < 4.78 is 0. The number of rotatable bonds is 2. The summed E-state index contributed by atoms with van der Waals surface area (Å²) in [7, 11) is 0. The number of allylic oxidation sites excluding steroid dienone is 1. The summed E-state index contributed by atoms with van der Waals surface area (Å²) in [6.07, 6.45) is 1.60. The minimum Gasteiger partial charge on any atom is -0.375 e. The van der Waals surface area contributed by atoms with E-state index in [1.54, 1.807) is 13.0 Å². The zero-order valence-corrected chi connectivity index (χ0v) is 6.03. The molecule has 0 rings (SSSR count). The fourth-order valence-electron chi connectivity index (χ4n) is 0.189. The molecule has 0 aromatic carbocycles. The third kappa shape index (κ3) is 4.96. The molecule has 0 heterocycles. The molecule has 0 unspecified atom stereocenters. The molecule has 0 aromatic heterocycles. The van der Waals surface area contributed by atoms with E-state index < -0.39 is 0 Å². The second-order valence-electron chi connectivity index (χ2n) is 1.43. The van der Waals surface area contributed by atoms with Crippen molar-refractivity contribution in [1.29, 1.82) is 0 Å². The zero-order valence-electron chi connectivity index (χ0n) is 5.22. The van der Waals surface area contributed by atoms with Crippen LogP contribution in [0, 0.1) is 0 Å². The first-order valence-corrected chi connectivity index (χ1v) is 2.80. The fourth-order valence-corrected chi connectivity index (χ4v) is 0.235. The van der Waals surface area contributed by atoms with Crippen molar-refractivity contribution in [2.24, 2.45) is 10.8 Å². The highest BCUT2D eigenvalue weighted by atomic mass is 32.1. The van der Waals surface area contributed by atoms with Crippen LogP contribution in [0.2, 0.25) is 0 Å². The van der Waals surface area contributed by atoms with E-state index in [0.29, 0.717) is 0 Å². The van der Waals surface area contributed by atoms with Crippen LogP contribution < -0.4 is 11.2 Å². The van der Waals surface area contributed by atoms with E-state index in [9.17, 15) is 0 Å². The van der Waals surface area contributed by atoms with Crippen molar-refractivity contribution in [3.05, 3.63) is 12.7 Å². The van der Waals surface area contributed by atoms with Gasteiger partial charge in [0.2, 0.25) is 0 Å². The van der Waals surface area contributed by atoms with E-state index in [2.05, 4.69) is 29.3 Å². The molecule has 0 aliphatic rings. The lowest BCUT2D eigenvalue weighted by Crippen LogP contribution is -2.24. The maximum Gasteiger partial charge on any atom is 0.184 e. The van der Waals surface area contributed by atoms with Crippen molar-refractivity contribution in [3.63, 3.8) is 0 Å². The van der Waals surface area contributed by atoms with Crippen molar-refractivity contribution >= 4 is 23.0 Å². The molecule has 0 radical (unpaired) electrons. The van der Waals surface area contributed by atoms with E-state index >= 15 is 0 Å². The van der Waals surface area contributed by atoms with E-state index in [0.717, 1.165) is 5.71 Å². The van der Waals surface area contributed by atoms with Crippen molar-refractivity contribution in [2.75, 3.05) is 0 Å². The Morgan fingerprint density at radius 1 is 1.89 bits per heavy atom. The number of hydrogen-bond acceptors (Lipinski definition) is 2. The summed E-state index contributed by atoms with van der Waals surface area (Å²) in [5.41, 5.74) is 8.25. The van der Waals surface area contributed by atoms with E-state index in [1.165, 1.54) is 0 Å². The number of nitrogens with zero attached hydrogens (tertiary/aromatic N) is 1. The van der Waals surface area contributed by atoms with Crippen LogP contribution in [0.3, 0.4) is 0 Å². The summed E-state index contributed by atoms with van der Waals surface area (Å²) >= 11 is 4.49. The van der Waals surface area contributed by atoms with Crippen molar-refractivity contribution in [1.82, 2.24) is 5.43 Å². The predicted octanol–water partition coefficient (Wildman–Crippen LogP) is 0.382. The Balaban J connectivity index is 3.69. The van der Waals surface area contributed by atoms with Crippen LogP contribution in [-0.2, 0) is 0 Å². The number of nitrogens with two attached hydrogens (primary N) is 1. The highest BCUT2D eigenvalue weighted by Crippen LogP contribution is 1.72. The monoisotopic (exact) mass is 143 g/mol. The van der Waals surface area contributed by atoms with Crippen LogP contribution in [0.4, 0.5) is 0 Å². The largest absolute Gasteiger partial charge is 0.375 e. The summed E-state index contributed by atoms with van der Waals surface area (Å²) in [4.78, 5) is 0. The third-order valence-electron chi connectivity index (χ3n) is 0.638. The normalized spacial score (nSPS) is 10.6. The van der Waals surface area contributed by atoms with Gasteiger partial charge in [-0.3, -0.25) is 5.43 Å². The van der Waals surface area contributed by atoms with Crippen LogP contribution in [0.25, 0.3) is 0 Å². The van der Waals surface area contributed by atoms with Gasteiger partial charge in [-0.1, -0.05) is 6.58 Å². The van der Waals surface area contributed by atoms with Crippen LogP contribution in [0.1, 0.15) is 6.92 Å². The Bertz CT molecular complexity index is 150. The van der Waals surface area contributed by atoms with E-state index in [1.807, 2.05) is 0 Å². The molecule has 0 aliphatic heterocycles. The molecule has 0 saturated carbocycles. The Kier molecular flexibility index (Phi) is 3.62. The molecular formula is C5H9N3S. The van der Waals surface area contributed by atoms with Gasteiger partial charge in [-0.25, -0.2) is 0 Å². The molecule has 3 nitrogen and oxygen atoms in total. The van der Waals surface area contributed by atoms with E-state index in [-0.39, 0.29) is 5.11 Å². The quantitative estimate of drug-likeness (QED) is 0.334. The maximum atomic E-state index is 5.07. The van der Waals surface area contributed by atoms with Crippen molar-refractivity contribution in [3.8, 4) is 0 Å². The highest BCUT2D eigenvalue weighted by Gasteiger charge is 1.80. The van der Waals surface area contributed by atoms with Crippen molar-refractivity contribution < 1.29 is 0 Å². The van der Waals surface area contributed by atoms with Crippen molar-refractivity contribution in [2.45, 2.75) is 6.92 Å². The maximum absolute atomic E-state index is 5.07. The smallest absolute Gasteiger partial charge is 0.184 e. The Morgan fingerprint density at radius 2 is 2.44 bits per heavy atom. The van der Waals surface area contributed by atoms with Crippen LogP contribution in [0.5, 0.6) is 0 Å². The van der Waals surface area contributed by atoms with Crippen LogP contribution in [-0.4, -0.2) is 10.8 Å². The second kappa shape index (κ2) is 4.03. The molecule has 0 aliphatic carbocycles. The number of nitrogens with one attached hydrogen (secondary N) is 1. The fraction of sp³-hybridized carbons (Fsp3) is 0.200. The van der Waals surface area contributed by atoms with E-state index in [4.69, 9.17) is 5.73 Å². The predicted molar refractivity (Wildman–Crippen MR) is 43.2 cm³/mol. The Hall–Kier alpha value is -0.900. The number of hydrogen-bond donors (Lipinski definition) is 2. The molecular weight excluding hydrogens is 134 g/mol. The van der Waals surface area contributed by atoms with Gasteiger partial charge in [-0.05, 0) is 25.2 Å². The molecule has 0 saturated heterocycles. The summed E-state index contributed by atoms with van der Waals surface area (Å²) in [5.74, 6) is 0. The molecule has 3 N–H and O–H groups in total. The first-order chi connectivity index (χ1) is 4.16. The minimum absolute atomic E-state index is 0.163. The Morgan fingerprint density at radius 3 is 2.78 bits per heavy atom. The topological polar surface area (TPSA) is 50.4 Å². The highest BCUT2D eigenvalue weighted by molar-refractivity contribution is 7.80. The summed E-state index contributed by atoms with van der Waals surface area (Å²) in [6.45, 7) is 5.27.